The lowest BCUT2D eigenvalue weighted by Crippen LogP contribution is -2.27. The number of benzene rings is 1. The topological polar surface area (TPSA) is 38.1 Å². The number of ketones is 1. The van der Waals surface area contributed by atoms with Crippen LogP contribution in [-0.4, -0.2) is 40.2 Å². The minimum atomic E-state index is 0.226. The fraction of sp³-hybridized carbons (Fsp3) is 0.529. The van der Waals surface area contributed by atoms with Gasteiger partial charge >= 0.3 is 0 Å². The van der Waals surface area contributed by atoms with Crippen molar-refractivity contribution < 1.29 is 4.79 Å². The highest BCUT2D eigenvalue weighted by Gasteiger charge is 2.11. The molecule has 2 aromatic rings. The zero-order valence-corrected chi connectivity index (χ0v) is 15.2. The van der Waals surface area contributed by atoms with E-state index < -0.39 is 0 Å². The van der Waals surface area contributed by atoms with Gasteiger partial charge in [0, 0.05) is 50.4 Å². The lowest BCUT2D eigenvalue weighted by Gasteiger charge is -2.22. The highest BCUT2D eigenvalue weighted by molar-refractivity contribution is 6.18. The number of alkyl halides is 2. The fourth-order valence-electron chi connectivity index (χ4n) is 2.73. The van der Waals surface area contributed by atoms with Gasteiger partial charge in [0.1, 0.15) is 11.6 Å². The number of rotatable bonds is 9. The first kappa shape index (κ1) is 18.1. The molecule has 0 aliphatic heterocycles. The van der Waals surface area contributed by atoms with Crippen LogP contribution >= 0.6 is 23.2 Å². The maximum atomic E-state index is 11.1. The molecule has 0 aliphatic carbocycles. The van der Waals surface area contributed by atoms with Crippen LogP contribution in [-0.2, 0) is 18.3 Å². The molecule has 4 nitrogen and oxygen atoms in total. The van der Waals surface area contributed by atoms with Crippen molar-refractivity contribution in [1.82, 2.24) is 9.55 Å². The molecule has 23 heavy (non-hydrogen) atoms. The summed E-state index contributed by atoms with van der Waals surface area (Å²) in [5.41, 5.74) is 3.16. The van der Waals surface area contributed by atoms with Crippen molar-refractivity contribution in [3.05, 3.63) is 24.0 Å². The van der Waals surface area contributed by atoms with Crippen LogP contribution in [0, 0.1) is 0 Å². The molecular formula is C17H23Cl2N3O. The summed E-state index contributed by atoms with van der Waals surface area (Å²) in [6.07, 6.45) is 2.25. The Bertz CT molecular complexity index is 663. The van der Waals surface area contributed by atoms with Crippen molar-refractivity contribution in [3.63, 3.8) is 0 Å². The van der Waals surface area contributed by atoms with Gasteiger partial charge in [0.05, 0.1) is 11.0 Å². The van der Waals surface area contributed by atoms with Crippen molar-refractivity contribution >= 4 is 45.7 Å². The molecule has 126 valence electrons. The smallest absolute Gasteiger partial charge is 0.129 e. The predicted molar refractivity (Wildman–Crippen MR) is 98.0 cm³/mol. The lowest BCUT2D eigenvalue weighted by atomic mass is 10.2. The van der Waals surface area contributed by atoms with E-state index in [-0.39, 0.29) is 5.78 Å². The summed E-state index contributed by atoms with van der Waals surface area (Å²) in [7, 11) is 2.02. The molecule has 0 spiro atoms. The zero-order chi connectivity index (χ0) is 16.8. The van der Waals surface area contributed by atoms with Crippen LogP contribution in [0.15, 0.2) is 18.2 Å². The number of halogens is 2. The number of carbonyl (C=O) groups excluding carboxylic acids is 1. The van der Waals surface area contributed by atoms with Crippen molar-refractivity contribution in [2.24, 2.45) is 7.05 Å². The summed E-state index contributed by atoms with van der Waals surface area (Å²) >= 11 is 11.8. The molecule has 1 aromatic carbocycles. The average Bonchev–Trinajstić information content (AvgIpc) is 2.83. The van der Waals surface area contributed by atoms with Gasteiger partial charge in [-0.15, -0.1) is 23.2 Å². The third-order valence-electron chi connectivity index (χ3n) is 3.96. The van der Waals surface area contributed by atoms with Crippen LogP contribution in [0.1, 0.15) is 25.6 Å². The number of aromatic nitrogens is 2. The molecule has 0 N–H and O–H groups in total. The normalized spacial score (nSPS) is 11.1. The number of anilines is 1. The number of nitrogens with zero attached hydrogens (tertiary/aromatic N) is 3. The van der Waals surface area contributed by atoms with E-state index in [2.05, 4.69) is 27.7 Å². The molecule has 0 bridgehead atoms. The van der Waals surface area contributed by atoms with Crippen molar-refractivity contribution in [1.29, 1.82) is 0 Å². The van der Waals surface area contributed by atoms with E-state index in [1.807, 2.05) is 7.05 Å². The number of hydrogen-bond acceptors (Lipinski definition) is 3. The Kier molecular flexibility index (Phi) is 6.72. The number of aryl methyl sites for hydroxylation is 2. The summed E-state index contributed by atoms with van der Waals surface area (Å²) in [5.74, 6) is 2.37. The van der Waals surface area contributed by atoms with Gasteiger partial charge in [0.25, 0.3) is 0 Å². The van der Waals surface area contributed by atoms with Gasteiger partial charge in [-0.1, -0.05) is 0 Å². The van der Waals surface area contributed by atoms with Gasteiger partial charge in [-0.05, 0) is 31.5 Å². The van der Waals surface area contributed by atoms with E-state index in [4.69, 9.17) is 28.2 Å². The monoisotopic (exact) mass is 355 g/mol. The van der Waals surface area contributed by atoms with Gasteiger partial charge in [-0.25, -0.2) is 4.98 Å². The molecule has 6 heteroatoms. The Morgan fingerprint density at radius 1 is 1.26 bits per heavy atom. The molecule has 1 aromatic heterocycles. The summed E-state index contributed by atoms with van der Waals surface area (Å²) in [6, 6.07) is 6.26. The minimum Gasteiger partial charge on any atom is -0.369 e. The largest absolute Gasteiger partial charge is 0.369 e. The zero-order valence-electron chi connectivity index (χ0n) is 13.7. The highest BCUT2D eigenvalue weighted by atomic mass is 35.5. The number of hydrogen-bond donors (Lipinski definition) is 0. The van der Waals surface area contributed by atoms with Crippen LogP contribution in [0.4, 0.5) is 5.69 Å². The van der Waals surface area contributed by atoms with E-state index >= 15 is 0 Å². The number of Topliss-reactive ketones (excluding diaryl/α,β-unsaturated/α-hetero) is 1. The average molecular weight is 356 g/mol. The fourth-order valence-corrected chi connectivity index (χ4v) is 3.14. The van der Waals surface area contributed by atoms with E-state index in [0.717, 1.165) is 48.5 Å². The van der Waals surface area contributed by atoms with E-state index in [9.17, 15) is 4.79 Å². The van der Waals surface area contributed by atoms with E-state index in [1.165, 1.54) is 0 Å². The highest BCUT2D eigenvalue weighted by Crippen LogP contribution is 2.23. The van der Waals surface area contributed by atoms with Crippen molar-refractivity contribution in [2.45, 2.75) is 26.2 Å². The van der Waals surface area contributed by atoms with Gasteiger partial charge in [0.2, 0.25) is 0 Å². The molecule has 0 saturated heterocycles. The van der Waals surface area contributed by atoms with E-state index in [1.54, 1.807) is 6.92 Å². The summed E-state index contributed by atoms with van der Waals surface area (Å²) in [5, 5.41) is 0. The van der Waals surface area contributed by atoms with Gasteiger partial charge in [0.15, 0.2) is 0 Å². The number of carbonyl (C=O) groups is 1. The maximum Gasteiger partial charge on any atom is 0.129 e. The first-order valence-electron chi connectivity index (χ1n) is 7.88. The van der Waals surface area contributed by atoms with Crippen LogP contribution in [0.3, 0.4) is 0 Å². The molecule has 0 fully saturated rings. The standard InChI is InChI=1S/C17H23Cl2N3O/c1-13(23)4-3-5-17-20-15-12-14(6-7-16(15)21(17)2)22(10-8-18)11-9-19/h6-7,12H,3-5,8-11H2,1-2H3. The Balaban J connectivity index is 2.23. The first-order chi connectivity index (χ1) is 11.1. The van der Waals surface area contributed by atoms with Crippen LogP contribution < -0.4 is 4.90 Å². The predicted octanol–water partition coefficient (Wildman–Crippen LogP) is 3.77. The minimum absolute atomic E-state index is 0.226. The Morgan fingerprint density at radius 3 is 2.57 bits per heavy atom. The number of fused-ring (bicyclic) bond motifs is 1. The van der Waals surface area contributed by atoms with Gasteiger partial charge in [-0.2, -0.15) is 0 Å². The quantitative estimate of drug-likeness (QED) is 0.642. The lowest BCUT2D eigenvalue weighted by molar-refractivity contribution is -0.117. The number of imidazole rings is 1. The van der Waals surface area contributed by atoms with E-state index in [0.29, 0.717) is 18.2 Å². The first-order valence-corrected chi connectivity index (χ1v) is 8.95. The Morgan fingerprint density at radius 2 is 1.96 bits per heavy atom. The Hall–Kier alpha value is -1.26. The SMILES string of the molecule is CC(=O)CCCc1nc2cc(N(CCCl)CCCl)ccc2n1C. The Labute approximate surface area is 147 Å². The molecule has 0 atom stereocenters. The van der Waals surface area contributed by atoms with Crippen molar-refractivity contribution in [3.8, 4) is 0 Å². The van der Waals surface area contributed by atoms with Crippen molar-refractivity contribution in [2.75, 3.05) is 29.7 Å². The molecule has 0 amide bonds. The van der Waals surface area contributed by atoms with Crippen LogP contribution in [0.2, 0.25) is 0 Å². The second-order valence-electron chi connectivity index (χ2n) is 5.68. The van der Waals surface area contributed by atoms with Crippen LogP contribution in [0.25, 0.3) is 11.0 Å². The van der Waals surface area contributed by atoms with Crippen LogP contribution in [0.5, 0.6) is 0 Å². The summed E-state index contributed by atoms with van der Waals surface area (Å²) in [6.45, 7) is 3.15. The molecule has 0 radical (unpaired) electrons. The molecule has 0 unspecified atom stereocenters. The second-order valence-corrected chi connectivity index (χ2v) is 6.44. The molecule has 2 rings (SSSR count). The third-order valence-corrected chi connectivity index (χ3v) is 4.30. The second kappa shape index (κ2) is 8.55. The maximum absolute atomic E-state index is 11.1. The summed E-state index contributed by atoms with van der Waals surface area (Å²) < 4.78 is 2.10. The molecular weight excluding hydrogens is 333 g/mol. The molecule has 0 aliphatic rings. The van der Waals surface area contributed by atoms with Gasteiger partial charge in [-0.3, -0.25) is 0 Å². The van der Waals surface area contributed by atoms with Gasteiger partial charge < -0.3 is 14.3 Å². The summed E-state index contributed by atoms with van der Waals surface area (Å²) in [4.78, 5) is 18.0. The third kappa shape index (κ3) is 4.61. The molecule has 0 saturated carbocycles. The molecule has 1 heterocycles.